The number of aromatic amines is 1. The van der Waals surface area contributed by atoms with Crippen molar-refractivity contribution in [2.45, 2.75) is 37.8 Å². The number of hydrogen-bond donors (Lipinski definition) is 2. The number of likely N-dealkylation sites (tertiary alicyclic amines) is 1. The van der Waals surface area contributed by atoms with Crippen LogP contribution in [0.5, 0.6) is 11.5 Å². The molecule has 4 heterocycles. The number of amides is 1. The first-order valence-corrected chi connectivity index (χ1v) is 13.5. The lowest BCUT2D eigenvalue weighted by atomic mass is 10.0. The van der Waals surface area contributed by atoms with Crippen LogP contribution in [0.15, 0.2) is 61.1 Å². The van der Waals surface area contributed by atoms with Crippen LogP contribution in [-0.4, -0.2) is 63.4 Å². The molecule has 2 saturated heterocycles. The molecule has 9 nitrogen and oxygen atoms in total. The maximum absolute atomic E-state index is 13.6. The van der Waals surface area contributed by atoms with E-state index in [9.17, 15) is 9.59 Å². The van der Waals surface area contributed by atoms with Gasteiger partial charge in [-0.1, -0.05) is 42.6 Å². The Kier molecular flexibility index (Phi) is 7.17. The van der Waals surface area contributed by atoms with E-state index in [0.717, 1.165) is 32.2 Å². The Hall–Kier alpha value is -3.95. The molecule has 2 aromatic carbocycles. The molecule has 0 radical (unpaired) electrons. The molecule has 10 heteroatoms. The molecule has 1 amide bonds. The Bertz CT molecular complexity index is 1500. The van der Waals surface area contributed by atoms with Crippen molar-refractivity contribution < 1.29 is 19.1 Å². The minimum Gasteiger partial charge on any atom is -0.457 e. The molecule has 0 bridgehead atoms. The number of benzene rings is 2. The lowest BCUT2D eigenvalue weighted by Gasteiger charge is -2.30. The van der Waals surface area contributed by atoms with Gasteiger partial charge in [0.25, 0.3) is 5.91 Å². The van der Waals surface area contributed by atoms with Gasteiger partial charge in [0.05, 0.1) is 22.6 Å². The number of epoxide rings is 1. The third kappa shape index (κ3) is 5.46. The van der Waals surface area contributed by atoms with Gasteiger partial charge in [-0.2, -0.15) is 0 Å². The van der Waals surface area contributed by atoms with Crippen LogP contribution in [0, 0.1) is 0 Å². The summed E-state index contributed by atoms with van der Waals surface area (Å²) < 4.78 is 11.1. The molecule has 200 valence electrons. The van der Waals surface area contributed by atoms with Crippen LogP contribution in [0.3, 0.4) is 0 Å². The molecular weight excluding hydrogens is 518 g/mol. The Labute approximate surface area is 230 Å². The molecule has 6 rings (SSSR count). The normalized spacial score (nSPS) is 18.9. The van der Waals surface area contributed by atoms with E-state index in [2.05, 4.69) is 20.3 Å². The monoisotopic (exact) mass is 545 g/mol. The topological polar surface area (TPSA) is 113 Å². The smallest absolute Gasteiger partial charge is 0.254 e. The zero-order valence-corrected chi connectivity index (χ0v) is 22.0. The molecule has 0 saturated carbocycles. The van der Waals surface area contributed by atoms with Gasteiger partial charge < -0.3 is 24.7 Å². The highest BCUT2D eigenvalue weighted by atomic mass is 35.5. The van der Waals surface area contributed by atoms with E-state index in [1.165, 1.54) is 6.33 Å². The van der Waals surface area contributed by atoms with E-state index in [4.69, 9.17) is 21.1 Å². The summed E-state index contributed by atoms with van der Waals surface area (Å²) in [4.78, 5) is 40.3. The maximum atomic E-state index is 13.6. The minimum atomic E-state index is -0.306. The molecule has 2 unspecified atom stereocenters. The standard InChI is InChI=1S/C29H28ClN5O4/c30-23-13-20(39-19-8-4-1-5-9-19)10-11-21(23)26(36)22-15-32-28-25(22)27(33-17-34-28)31-14-18-7-3-2-6-12-35(18)29(37)24-16-38-24/h1,4-5,8-11,13,15,17-18,24H,2-3,6-7,12,14,16H2,(H2,31,32,33,34). The van der Waals surface area contributed by atoms with Gasteiger partial charge in [0, 0.05) is 37.0 Å². The maximum Gasteiger partial charge on any atom is 0.254 e. The summed E-state index contributed by atoms with van der Waals surface area (Å²) in [7, 11) is 0. The number of nitrogens with zero attached hydrogens (tertiary/aromatic N) is 3. The van der Waals surface area contributed by atoms with Crippen LogP contribution in [0.1, 0.15) is 41.6 Å². The summed E-state index contributed by atoms with van der Waals surface area (Å²) in [5, 5.41) is 4.27. The van der Waals surface area contributed by atoms with Crippen molar-refractivity contribution in [2.24, 2.45) is 0 Å². The lowest BCUT2D eigenvalue weighted by Crippen LogP contribution is -2.45. The van der Waals surface area contributed by atoms with Crippen LogP contribution < -0.4 is 10.1 Å². The average molecular weight is 546 g/mol. The number of anilines is 1. The third-order valence-corrected chi connectivity index (χ3v) is 7.47. The summed E-state index contributed by atoms with van der Waals surface area (Å²) >= 11 is 6.55. The average Bonchev–Trinajstić information content (AvgIpc) is 3.75. The lowest BCUT2D eigenvalue weighted by molar-refractivity contribution is -0.134. The second kappa shape index (κ2) is 11.0. The van der Waals surface area contributed by atoms with Gasteiger partial charge in [0.2, 0.25) is 0 Å². The molecule has 2 aliphatic rings. The summed E-state index contributed by atoms with van der Waals surface area (Å²) in [5.41, 5.74) is 1.29. The molecular formula is C29H28ClN5O4. The Morgan fingerprint density at radius 1 is 1.08 bits per heavy atom. The zero-order valence-electron chi connectivity index (χ0n) is 21.2. The van der Waals surface area contributed by atoms with Crippen molar-refractivity contribution in [1.82, 2.24) is 19.9 Å². The summed E-state index contributed by atoms with van der Waals surface area (Å²) in [6, 6.07) is 14.4. The number of halogens is 1. The van der Waals surface area contributed by atoms with Gasteiger partial charge in [-0.15, -0.1) is 0 Å². The van der Waals surface area contributed by atoms with Crippen molar-refractivity contribution in [2.75, 3.05) is 25.0 Å². The number of carbonyl (C=O) groups excluding carboxylic acids is 2. The summed E-state index contributed by atoms with van der Waals surface area (Å²) in [6.07, 6.45) is 6.80. The minimum absolute atomic E-state index is 0.0129. The van der Waals surface area contributed by atoms with E-state index in [0.29, 0.717) is 52.6 Å². The molecule has 39 heavy (non-hydrogen) atoms. The van der Waals surface area contributed by atoms with Crippen molar-refractivity contribution >= 4 is 40.1 Å². The van der Waals surface area contributed by atoms with E-state index >= 15 is 0 Å². The summed E-state index contributed by atoms with van der Waals surface area (Å²) in [6.45, 7) is 1.73. The van der Waals surface area contributed by atoms with Crippen LogP contribution >= 0.6 is 11.6 Å². The fourth-order valence-corrected chi connectivity index (χ4v) is 5.32. The fraction of sp³-hybridized carbons (Fsp3) is 0.310. The van der Waals surface area contributed by atoms with Gasteiger partial charge in [0.15, 0.2) is 11.9 Å². The highest BCUT2D eigenvalue weighted by Gasteiger charge is 2.38. The van der Waals surface area contributed by atoms with Crippen molar-refractivity contribution in [3.63, 3.8) is 0 Å². The molecule has 0 spiro atoms. The van der Waals surface area contributed by atoms with Crippen LogP contribution in [0.2, 0.25) is 5.02 Å². The van der Waals surface area contributed by atoms with E-state index in [1.54, 1.807) is 24.4 Å². The van der Waals surface area contributed by atoms with E-state index in [1.807, 2.05) is 35.2 Å². The number of H-pyrrole nitrogens is 1. The van der Waals surface area contributed by atoms with Crippen LogP contribution in [-0.2, 0) is 9.53 Å². The van der Waals surface area contributed by atoms with Gasteiger partial charge in [-0.3, -0.25) is 9.59 Å². The number of para-hydroxylation sites is 1. The quantitative estimate of drug-likeness (QED) is 0.231. The number of carbonyl (C=O) groups is 2. The van der Waals surface area contributed by atoms with Crippen molar-refractivity contribution in [3.05, 3.63) is 77.2 Å². The molecule has 2 aliphatic heterocycles. The number of nitrogens with one attached hydrogen (secondary N) is 2. The highest BCUT2D eigenvalue weighted by Crippen LogP contribution is 2.31. The number of aromatic nitrogens is 3. The Morgan fingerprint density at radius 2 is 1.92 bits per heavy atom. The number of ether oxygens (including phenoxy) is 2. The van der Waals surface area contributed by atoms with Gasteiger partial charge in [-0.05, 0) is 37.1 Å². The predicted molar refractivity (Wildman–Crippen MR) is 147 cm³/mol. The predicted octanol–water partition coefficient (Wildman–Crippen LogP) is 5.22. The first kappa shape index (κ1) is 25.3. The first-order valence-electron chi connectivity index (χ1n) is 13.1. The summed E-state index contributed by atoms with van der Waals surface area (Å²) in [5.74, 6) is 1.54. The molecule has 2 N–H and O–H groups in total. The van der Waals surface area contributed by atoms with Crippen molar-refractivity contribution in [3.8, 4) is 11.5 Å². The number of rotatable bonds is 8. The number of hydrogen-bond acceptors (Lipinski definition) is 7. The van der Waals surface area contributed by atoms with Crippen LogP contribution in [0.4, 0.5) is 5.82 Å². The second-order valence-corrected chi connectivity index (χ2v) is 10.2. The molecule has 2 atom stereocenters. The third-order valence-electron chi connectivity index (χ3n) is 7.15. The van der Waals surface area contributed by atoms with Crippen LogP contribution in [0.25, 0.3) is 11.0 Å². The van der Waals surface area contributed by atoms with Gasteiger partial charge in [0.1, 0.15) is 29.3 Å². The Balaban J connectivity index is 1.23. The van der Waals surface area contributed by atoms with Crippen molar-refractivity contribution in [1.29, 1.82) is 0 Å². The van der Waals surface area contributed by atoms with E-state index in [-0.39, 0.29) is 28.9 Å². The Morgan fingerprint density at radius 3 is 2.72 bits per heavy atom. The number of ketones is 1. The zero-order chi connectivity index (χ0) is 26.8. The second-order valence-electron chi connectivity index (χ2n) is 9.77. The first-order chi connectivity index (χ1) is 19.1. The molecule has 2 aromatic heterocycles. The highest BCUT2D eigenvalue weighted by molar-refractivity contribution is 6.35. The largest absolute Gasteiger partial charge is 0.457 e. The molecule has 2 fully saturated rings. The number of fused-ring (bicyclic) bond motifs is 1. The van der Waals surface area contributed by atoms with Gasteiger partial charge in [-0.25, -0.2) is 9.97 Å². The van der Waals surface area contributed by atoms with Gasteiger partial charge >= 0.3 is 0 Å². The fourth-order valence-electron chi connectivity index (χ4n) is 5.06. The molecule has 0 aliphatic carbocycles. The molecule has 4 aromatic rings. The SMILES string of the molecule is O=C(c1ccc(Oc2ccccc2)cc1Cl)c1c[nH]c2ncnc(NCC3CCCCCN3C(=O)C3CO3)c12. The van der Waals surface area contributed by atoms with E-state index < -0.39 is 0 Å².